The Balaban J connectivity index is 1.68. The maximum absolute atomic E-state index is 13.4. The van der Waals surface area contributed by atoms with Gasteiger partial charge >= 0.3 is 0 Å². The van der Waals surface area contributed by atoms with E-state index in [4.69, 9.17) is 0 Å². The molecule has 0 aliphatic heterocycles. The average molecular weight is 417 g/mol. The summed E-state index contributed by atoms with van der Waals surface area (Å²) in [7, 11) is 0. The van der Waals surface area contributed by atoms with Crippen molar-refractivity contribution in [3.05, 3.63) is 94.6 Å². The van der Waals surface area contributed by atoms with E-state index in [-0.39, 0.29) is 23.7 Å². The highest BCUT2D eigenvalue weighted by Gasteiger charge is 2.21. The number of aromatic nitrogens is 3. The molecule has 1 amide bonds. The lowest BCUT2D eigenvalue weighted by Crippen LogP contribution is -2.16. The molecule has 31 heavy (non-hydrogen) atoms. The number of amides is 1. The number of carbonyl (C=O) groups is 1. The van der Waals surface area contributed by atoms with Gasteiger partial charge in [0.05, 0.1) is 22.6 Å². The summed E-state index contributed by atoms with van der Waals surface area (Å²) in [6.45, 7) is 0. The van der Waals surface area contributed by atoms with Gasteiger partial charge in [0.25, 0.3) is 5.69 Å². The highest BCUT2D eigenvalue weighted by atomic mass is 19.1. The lowest BCUT2D eigenvalue weighted by molar-refractivity contribution is -0.385. The first kappa shape index (κ1) is 19.9. The molecule has 0 bridgehead atoms. The van der Waals surface area contributed by atoms with Crippen molar-refractivity contribution in [3.8, 4) is 22.4 Å². The van der Waals surface area contributed by atoms with Gasteiger partial charge < -0.3 is 5.32 Å². The average Bonchev–Trinajstić information content (AvgIpc) is 3.18. The second kappa shape index (κ2) is 8.54. The largest absolute Gasteiger partial charge is 0.308 e. The number of anilines is 1. The van der Waals surface area contributed by atoms with Gasteiger partial charge in [-0.05, 0) is 42.0 Å². The summed E-state index contributed by atoms with van der Waals surface area (Å²) in [5, 5.41) is 21.1. The van der Waals surface area contributed by atoms with E-state index in [9.17, 15) is 19.3 Å². The number of para-hydroxylation sites is 1. The Morgan fingerprint density at radius 1 is 1.03 bits per heavy atom. The van der Waals surface area contributed by atoms with Crippen LogP contribution in [0.25, 0.3) is 22.4 Å². The minimum atomic E-state index is -0.522. The monoisotopic (exact) mass is 417 g/mol. The molecule has 0 radical (unpaired) electrons. The number of halogens is 1. The fraction of sp³-hybridized carbons (Fsp3) is 0.0455. The fourth-order valence-electron chi connectivity index (χ4n) is 3.25. The zero-order valence-corrected chi connectivity index (χ0v) is 16.1. The molecule has 2 aromatic heterocycles. The number of rotatable bonds is 6. The van der Waals surface area contributed by atoms with Crippen molar-refractivity contribution in [1.82, 2.24) is 15.2 Å². The van der Waals surface area contributed by atoms with Crippen molar-refractivity contribution in [3.63, 3.8) is 0 Å². The van der Waals surface area contributed by atoms with Crippen LogP contribution in [0.1, 0.15) is 5.56 Å². The van der Waals surface area contributed by atoms with Crippen LogP contribution < -0.4 is 5.32 Å². The van der Waals surface area contributed by atoms with Gasteiger partial charge in [0, 0.05) is 29.6 Å². The van der Waals surface area contributed by atoms with Crippen LogP contribution in [0.2, 0.25) is 0 Å². The molecule has 4 rings (SSSR count). The predicted octanol–water partition coefficient (Wildman–Crippen LogP) is 4.37. The Bertz CT molecular complexity index is 1240. The second-order valence-electron chi connectivity index (χ2n) is 6.68. The number of pyridine rings is 1. The predicted molar refractivity (Wildman–Crippen MR) is 113 cm³/mol. The summed E-state index contributed by atoms with van der Waals surface area (Å²) in [5.41, 5.74) is 2.78. The number of H-pyrrole nitrogens is 1. The molecule has 0 saturated heterocycles. The number of nitro benzene ring substituents is 1. The van der Waals surface area contributed by atoms with Crippen LogP contribution in [-0.2, 0) is 11.2 Å². The van der Waals surface area contributed by atoms with Gasteiger partial charge in [-0.15, -0.1) is 0 Å². The summed E-state index contributed by atoms with van der Waals surface area (Å²) >= 11 is 0. The van der Waals surface area contributed by atoms with Gasteiger partial charge in [-0.3, -0.25) is 25.0 Å². The first-order valence-corrected chi connectivity index (χ1v) is 9.30. The number of hydrogen-bond acceptors (Lipinski definition) is 5. The molecule has 0 aliphatic carbocycles. The number of nitrogens with zero attached hydrogens (tertiary/aromatic N) is 3. The molecule has 0 saturated carbocycles. The van der Waals surface area contributed by atoms with E-state index < -0.39 is 10.8 Å². The van der Waals surface area contributed by atoms with Crippen molar-refractivity contribution < 1.29 is 14.1 Å². The van der Waals surface area contributed by atoms with Crippen molar-refractivity contribution in [2.75, 3.05) is 5.32 Å². The van der Waals surface area contributed by atoms with E-state index >= 15 is 0 Å². The van der Waals surface area contributed by atoms with Gasteiger partial charge in [0.2, 0.25) is 5.91 Å². The zero-order chi connectivity index (χ0) is 21.8. The molecule has 0 fully saturated rings. The molecular formula is C22H16FN5O3. The minimum absolute atomic E-state index is 0.124. The van der Waals surface area contributed by atoms with Crippen LogP contribution >= 0.6 is 0 Å². The molecule has 2 aromatic carbocycles. The van der Waals surface area contributed by atoms with E-state index in [0.29, 0.717) is 22.4 Å². The molecule has 2 heterocycles. The van der Waals surface area contributed by atoms with Gasteiger partial charge in [-0.2, -0.15) is 5.10 Å². The molecule has 0 spiro atoms. The Hall–Kier alpha value is -4.40. The third-order valence-corrected chi connectivity index (χ3v) is 4.67. The zero-order valence-electron chi connectivity index (χ0n) is 16.1. The van der Waals surface area contributed by atoms with Crippen molar-refractivity contribution >= 4 is 17.4 Å². The molecule has 154 valence electrons. The molecule has 2 N–H and O–H groups in total. The van der Waals surface area contributed by atoms with Crippen molar-refractivity contribution in [2.45, 2.75) is 6.42 Å². The van der Waals surface area contributed by atoms with Gasteiger partial charge in [-0.1, -0.05) is 18.2 Å². The molecule has 0 unspecified atom stereocenters. The summed E-state index contributed by atoms with van der Waals surface area (Å²) in [5.74, 6) is -0.567. The van der Waals surface area contributed by atoms with E-state index in [0.717, 1.165) is 5.56 Å². The third-order valence-electron chi connectivity index (χ3n) is 4.67. The standard InChI is InChI=1S/C22H16FN5O3/c23-17-7-5-15(6-8-17)21-20(14-9-11-24-12-10-14)22(27-26-21)25-19(29)13-16-3-1-2-4-18(16)28(30)31/h1-12H,13H2,(H2,25,26,27,29). The molecule has 4 aromatic rings. The molecule has 0 aliphatic rings. The maximum atomic E-state index is 13.4. The summed E-state index contributed by atoms with van der Waals surface area (Å²) in [4.78, 5) is 27.4. The second-order valence-corrected chi connectivity index (χ2v) is 6.68. The number of nitrogens with one attached hydrogen (secondary N) is 2. The lowest BCUT2D eigenvalue weighted by Gasteiger charge is -2.08. The quantitative estimate of drug-likeness (QED) is 0.357. The summed E-state index contributed by atoms with van der Waals surface area (Å²) < 4.78 is 13.4. The Morgan fingerprint density at radius 3 is 2.45 bits per heavy atom. The topological polar surface area (TPSA) is 114 Å². The Kier molecular flexibility index (Phi) is 5.48. The lowest BCUT2D eigenvalue weighted by atomic mass is 10.0. The number of aromatic amines is 1. The van der Waals surface area contributed by atoms with Gasteiger partial charge in [0.15, 0.2) is 5.82 Å². The van der Waals surface area contributed by atoms with Crippen molar-refractivity contribution in [1.29, 1.82) is 0 Å². The Labute approximate surface area is 175 Å². The number of carbonyl (C=O) groups excluding carboxylic acids is 1. The number of hydrogen-bond donors (Lipinski definition) is 2. The molecule has 9 heteroatoms. The maximum Gasteiger partial charge on any atom is 0.273 e. The fourth-order valence-corrected chi connectivity index (χ4v) is 3.25. The first-order valence-electron chi connectivity index (χ1n) is 9.30. The number of nitro groups is 1. The van der Waals surface area contributed by atoms with E-state index in [1.54, 1.807) is 48.8 Å². The summed E-state index contributed by atoms with van der Waals surface area (Å²) in [6, 6.07) is 15.5. The van der Waals surface area contributed by atoms with Crippen LogP contribution in [-0.4, -0.2) is 26.0 Å². The first-order chi connectivity index (χ1) is 15.0. The van der Waals surface area contributed by atoms with Gasteiger partial charge in [0.1, 0.15) is 5.82 Å². The number of benzene rings is 2. The highest BCUT2D eigenvalue weighted by Crippen LogP contribution is 2.36. The SMILES string of the molecule is O=C(Cc1ccccc1[N+](=O)[O-])Nc1n[nH]c(-c2ccc(F)cc2)c1-c1ccncc1. The van der Waals surface area contributed by atoms with Crippen LogP contribution in [0.5, 0.6) is 0 Å². The van der Waals surface area contributed by atoms with Crippen LogP contribution in [0.15, 0.2) is 73.1 Å². The minimum Gasteiger partial charge on any atom is -0.308 e. The van der Waals surface area contributed by atoms with Gasteiger partial charge in [-0.25, -0.2) is 4.39 Å². The molecule has 8 nitrogen and oxygen atoms in total. The normalized spacial score (nSPS) is 10.6. The Morgan fingerprint density at radius 2 is 1.74 bits per heavy atom. The van der Waals surface area contributed by atoms with Crippen LogP contribution in [0, 0.1) is 15.9 Å². The summed E-state index contributed by atoms with van der Waals surface area (Å²) in [6.07, 6.45) is 3.02. The van der Waals surface area contributed by atoms with Crippen LogP contribution in [0.3, 0.4) is 0 Å². The smallest absolute Gasteiger partial charge is 0.273 e. The van der Waals surface area contributed by atoms with E-state index in [1.807, 2.05) is 0 Å². The molecular weight excluding hydrogens is 401 g/mol. The van der Waals surface area contributed by atoms with Crippen LogP contribution in [0.4, 0.5) is 15.9 Å². The van der Waals surface area contributed by atoms with Crippen molar-refractivity contribution in [2.24, 2.45) is 0 Å². The third kappa shape index (κ3) is 4.30. The highest BCUT2D eigenvalue weighted by molar-refractivity contribution is 5.98. The van der Waals surface area contributed by atoms with E-state index in [2.05, 4.69) is 20.5 Å². The van der Waals surface area contributed by atoms with E-state index in [1.165, 1.54) is 24.3 Å². The molecule has 0 atom stereocenters.